The molecule has 0 aliphatic rings. The molecule has 0 spiro atoms. The Morgan fingerprint density at radius 3 is 2.91 bits per heavy atom. The number of halogens is 1. The average Bonchev–Trinajstić information content (AvgIpc) is 3.04. The van der Waals surface area contributed by atoms with Crippen molar-refractivity contribution >= 4 is 23.3 Å². The Balaban J connectivity index is 1.91. The molecule has 0 atom stereocenters. The van der Waals surface area contributed by atoms with Gasteiger partial charge in [-0.2, -0.15) is 5.21 Å². The number of pyridine rings is 2. The SMILES string of the molecule is Cc1ccc(-c2nn[nH]n2)nc1NC(=O)c1cnccc1Cl. The zero-order valence-corrected chi connectivity index (χ0v) is 12.2. The summed E-state index contributed by atoms with van der Waals surface area (Å²) in [5.74, 6) is 0.348. The number of tetrazole rings is 1. The zero-order valence-electron chi connectivity index (χ0n) is 11.4. The van der Waals surface area contributed by atoms with Crippen LogP contribution in [0.4, 0.5) is 5.82 Å². The molecule has 0 saturated carbocycles. The van der Waals surface area contributed by atoms with E-state index in [0.29, 0.717) is 22.4 Å². The van der Waals surface area contributed by atoms with Gasteiger partial charge in [0.25, 0.3) is 5.91 Å². The second-order valence-corrected chi connectivity index (χ2v) is 4.81. The molecule has 0 aliphatic heterocycles. The second-order valence-electron chi connectivity index (χ2n) is 4.41. The molecule has 3 heterocycles. The summed E-state index contributed by atoms with van der Waals surface area (Å²) < 4.78 is 0. The number of carbonyl (C=O) groups is 1. The Bertz CT molecular complexity index is 819. The number of H-pyrrole nitrogens is 1. The van der Waals surface area contributed by atoms with E-state index in [9.17, 15) is 4.79 Å². The minimum atomic E-state index is -0.390. The number of amides is 1. The first kappa shape index (κ1) is 14.1. The molecule has 0 bridgehead atoms. The van der Waals surface area contributed by atoms with Gasteiger partial charge in [0.05, 0.1) is 10.6 Å². The number of carbonyl (C=O) groups excluding carboxylic acids is 1. The summed E-state index contributed by atoms with van der Waals surface area (Å²) in [6.45, 7) is 1.83. The number of aromatic nitrogens is 6. The monoisotopic (exact) mass is 315 g/mol. The van der Waals surface area contributed by atoms with E-state index >= 15 is 0 Å². The third-order valence-corrected chi connectivity index (χ3v) is 3.25. The summed E-state index contributed by atoms with van der Waals surface area (Å²) in [4.78, 5) is 20.5. The lowest BCUT2D eigenvalue weighted by Gasteiger charge is -2.09. The summed E-state index contributed by atoms with van der Waals surface area (Å²) in [6, 6.07) is 5.10. The van der Waals surface area contributed by atoms with Gasteiger partial charge < -0.3 is 5.32 Å². The van der Waals surface area contributed by atoms with Gasteiger partial charge >= 0.3 is 0 Å². The van der Waals surface area contributed by atoms with Gasteiger partial charge in [0, 0.05) is 12.4 Å². The van der Waals surface area contributed by atoms with Crippen LogP contribution in [0.5, 0.6) is 0 Å². The van der Waals surface area contributed by atoms with E-state index in [1.807, 2.05) is 6.92 Å². The standard InChI is InChI=1S/C13H10ClN7O/c1-7-2-3-10(12-18-20-21-19-12)16-11(7)17-13(22)8-6-15-5-4-9(8)14/h2-6H,1H3,(H,16,17,22)(H,18,19,20,21). The van der Waals surface area contributed by atoms with Crippen molar-refractivity contribution in [2.45, 2.75) is 6.92 Å². The number of hydrogen-bond donors (Lipinski definition) is 2. The second kappa shape index (κ2) is 5.86. The van der Waals surface area contributed by atoms with Crippen LogP contribution in [-0.4, -0.2) is 36.5 Å². The first-order valence-corrected chi connectivity index (χ1v) is 6.65. The number of nitrogens with zero attached hydrogens (tertiary/aromatic N) is 5. The normalized spacial score (nSPS) is 10.5. The van der Waals surface area contributed by atoms with Crippen LogP contribution in [0.1, 0.15) is 15.9 Å². The Hall–Kier alpha value is -2.87. The van der Waals surface area contributed by atoms with Crippen LogP contribution >= 0.6 is 11.6 Å². The largest absolute Gasteiger partial charge is 0.306 e. The third-order valence-electron chi connectivity index (χ3n) is 2.92. The molecule has 0 aliphatic carbocycles. The highest BCUT2D eigenvalue weighted by Gasteiger charge is 2.14. The fourth-order valence-electron chi connectivity index (χ4n) is 1.77. The summed E-state index contributed by atoms with van der Waals surface area (Å²) >= 11 is 5.98. The van der Waals surface area contributed by atoms with Gasteiger partial charge in [0.2, 0.25) is 5.82 Å². The minimum Gasteiger partial charge on any atom is -0.306 e. The van der Waals surface area contributed by atoms with Crippen molar-refractivity contribution in [2.75, 3.05) is 5.32 Å². The van der Waals surface area contributed by atoms with Crippen LogP contribution in [0.15, 0.2) is 30.6 Å². The van der Waals surface area contributed by atoms with E-state index in [4.69, 9.17) is 11.6 Å². The van der Waals surface area contributed by atoms with E-state index in [-0.39, 0.29) is 11.5 Å². The van der Waals surface area contributed by atoms with E-state index in [1.54, 1.807) is 18.2 Å². The molecular formula is C13H10ClN7O. The first-order chi connectivity index (χ1) is 10.6. The molecule has 0 aromatic carbocycles. The summed E-state index contributed by atoms with van der Waals surface area (Å²) in [5.41, 5.74) is 1.56. The highest BCUT2D eigenvalue weighted by atomic mass is 35.5. The molecule has 0 fully saturated rings. The lowest BCUT2D eigenvalue weighted by atomic mass is 10.2. The van der Waals surface area contributed by atoms with Crippen LogP contribution in [0, 0.1) is 6.92 Å². The highest BCUT2D eigenvalue weighted by molar-refractivity contribution is 6.34. The van der Waals surface area contributed by atoms with Crippen LogP contribution in [0.25, 0.3) is 11.5 Å². The van der Waals surface area contributed by atoms with E-state index in [0.717, 1.165) is 5.56 Å². The van der Waals surface area contributed by atoms with Crippen LogP contribution in [-0.2, 0) is 0 Å². The predicted octanol–water partition coefficient (Wildman–Crippen LogP) is 1.87. The molecule has 0 unspecified atom stereocenters. The fourth-order valence-corrected chi connectivity index (χ4v) is 1.96. The average molecular weight is 316 g/mol. The van der Waals surface area contributed by atoms with Crippen molar-refractivity contribution in [3.05, 3.63) is 46.7 Å². The maximum Gasteiger partial charge on any atom is 0.259 e. The number of hydrogen-bond acceptors (Lipinski definition) is 6. The van der Waals surface area contributed by atoms with Crippen molar-refractivity contribution in [3.63, 3.8) is 0 Å². The fraction of sp³-hybridized carbons (Fsp3) is 0.0769. The third kappa shape index (κ3) is 2.77. The van der Waals surface area contributed by atoms with Crippen LogP contribution in [0.2, 0.25) is 5.02 Å². The molecular weight excluding hydrogens is 306 g/mol. The number of nitrogens with one attached hydrogen (secondary N) is 2. The van der Waals surface area contributed by atoms with Crippen molar-refractivity contribution < 1.29 is 4.79 Å². The van der Waals surface area contributed by atoms with E-state index < -0.39 is 0 Å². The topological polar surface area (TPSA) is 109 Å². The van der Waals surface area contributed by atoms with E-state index in [2.05, 4.69) is 35.9 Å². The predicted molar refractivity (Wildman–Crippen MR) is 79.3 cm³/mol. The highest BCUT2D eigenvalue weighted by Crippen LogP contribution is 2.20. The quantitative estimate of drug-likeness (QED) is 0.763. The summed E-state index contributed by atoms with van der Waals surface area (Å²) in [6.07, 6.45) is 2.91. The minimum absolute atomic E-state index is 0.273. The van der Waals surface area contributed by atoms with Gasteiger partial charge in [-0.1, -0.05) is 17.7 Å². The molecule has 9 heteroatoms. The first-order valence-electron chi connectivity index (χ1n) is 6.27. The molecule has 8 nitrogen and oxygen atoms in total. The molecule has 3 aromatic heterocycles. The van der Waals surface area contributed by atoms with Crippen molar-refractivity contribution in [3.8, 4) is 11.5 Å². The molecule has 2 N–H and O–H groups in total. The molecule has 22 heavy (non-hydrogen) atoms. The lowest BCUT2D eigenvalue weighted by molar-refractivity contribution is 0.102. The Morgan fingerprint density at radius 1 is 1.32 bits per heavy atom. The molecule has 110 valence electrons. The lowest BCUT2D eigenvalue weighted by Crippen LogP contribution is -2.15. The van der Waals surface area contributed by atoms with E-state index in [1.165, 1.54) is 12.4 Å². The van der Waals surface area contributed by atoms with Crippen molar-refractivity contribution in [2.24, 2.45) is 0 Å². The van der Waals surface area contributed by atoms with Gasteiger partial charge in [-0.05, 0) is 29.8 Å². The molecule has 0 radical (unpaired) electrons. The molecule has 3 aromatic rings. The Morgan fingerprint density at radius 2 is 2.18 bits per heavy atom. The smallest absolute Gasteiger partial charge is 0.259 e. The number of aromatic amines is 1. The van der Waals surface area contributed by atoms with Crippen molar-refractivity contribution in [1.82, 2.24) is 30.6 Å². The molecule has 0 saturated heterocycles. The van der Waals surface area contributed by atoms with Gasteiger partial charge in [0.1, 0.15) is 11.5 Å². The van der Waals surface area contributed by atoms with Gasteiger partial charge in [-0.3, -0.25) is 9.78 Å². The molecule has 3 rings (SSSR count). The molecule has 1 amide bonds. The summed E-state index contributed by atoms with van der Waals surface area (Å²) in [7, 11) is 0. The number of rotatable bonds is 3. The van der Waals surface area contributed by atoms with Crippen LogP contribution in [0.3, 0.4) is 0 Å². The summed E-state index contributed by atoms with van der Waals surface area (Å²) in [5, 5.41) is 16.6. The number of aryl methyl sites for hydroxylation is 1. The maximum absolute atomic E-state index is 12.3. The van der Waals surface area contributed by atoms with Gasteiger partial charge in [-0.25, -0.2) is 4.98 Å². The Labute approximate surface area is 130 Å². The van der Waals surface area contributed by atoms with Crippen LogP contribution < -0.4 is 5.32 Å². The van der Waals surface area contributed by atoms with Gasteiger partial charge in [0.15, 0.2) is 0 Å². The maximum atomic E-state index is 12.3. The van der Waals surface area contributed by atoms with Gasteiger partial charge in [-0.15, -0.1) is 10.2 Å². The Kier molecular flexibility index (Phi) is 3.75. The number of anilines is 1. The van der Waals surface area contributed by atoms with Crippen molar-refractivity contribution in [1.29, 1.82) is 0 Å². The zero-order chi connectivity index (χ0) is 15.5.